The van der Waals surface area contributed by atoms with Gasteiger partial charge in [-0.1, -0.05) is 100 Å². The number of nitrogens with two attached hydrogens (primary N) is 2. The number of fused-ring (bicyclic) bond motifs is 1. The van der Waals surface area contributed by atoms with E-state index in [1.807, 2.05) is 30.3 Å². The van der Waals surface area contributed by atoms with E-state index in [9.17, 15) is 9.59 Å². The monoisotopic (exact) mass is 636 g/mol. The summed E-state index contributed by atoms with van der Waals surface area (Å²) in [7, 11) is 0. The van der Waals surface area contributed by atoms with E-state index in [1.54, 1.807) is 24.3 Å². The van der Waals surface area contributed by atoms with Crippen LogP contribution in [0.3, 0.4) is 0 Å². The van der Waals surface area contributed by atoms with Crippen molar-refractivity contribution in [1.82, 2.24) is 0 Å². The van der Waals surface area contributed by atoms with Crippen molar-refractivity contribution in [3.63, 3.8) is 0 Å². The van der Waals surface area contributed by atoms with Crippen LogP contribution in [0, 0.1) is 0 Å². The summed E-state index contributed by atoms with van der Waals surface area (Å²) >= 11 is 0. The molecule has 1 aliphatic heterocycles. The molecule has 0 unspecified atom stereocenters. The van der Waals surface area contributed by atoms with E-state index in [0.717, 1.165) is 40.4 Å². The molecule has 5 N–H and O–H groups in total. The van der Waals surface area contributed by atoms with Crippen LogP contribution in [-0.4, -0.2) is 11.8 Å². The van der Waals surface area contributed by atoms with Crippen LogP contribution in [0.5, 0.6) is 0 Å². The minimum atomic E-state index is -0.437. The number of anilines is 4. The quantitative estimate of drug-likeness (QED) is 0.143. The van der Waals surface area contributed by atoms with Crippen LogP contribution in [0.25, 0.3) is 0 Å². The second kappa shape index (κ2) is 14.0. The Hall–Kier alpha value is -5.62. The van der Waals surface area contributed by atoms with Crippen molar-refractivity contribution in [1.29, 1.82) is 0 Å². The second-order valence-corrected chi connectivity index (χ2v) is 13.3. The highest BCUT2D eigenvalue weighted by atomic mass is 16.1. The van der Waals surface area contributed by atoms with E-state index in [0.29, 0.717) is 11.1 Å². The third kappa shape index (κ3) is 7.34. The molecule has 1 heterocycles. The molecule has 0 atom stereocenters. The van der Waals surface area contributed by atoms with Crippen molar-refractivity contribution in [2.75, 3.05) is 10.2 Å². The molecule has 2 amide bonds. The zero-order valence-electron chi connectivity index (χ0n) is 28.3. The molecule has 0 bridgehead atoms. The van der Waals surface area contributed by atoms with Gasteiger partial charge >= 0.3 is 0 Å². The molecule has 0 aromatic heterocycles. The second-order valence-electron chi connectivity index (χ2n) is 13.3. The minimum Gasteiger partial charge on any atom is -0.366 e. The number of benzene rings is 4. The van der Waals surface area contributed by atoms with Crippen molar-refractivity contribution in [3.05, 3.63) is 167 Å². The molecule has 0 spiro atoms. The molecule has 6 heteroatoms. The molecule has 0 radical (unpaired) electrons. The predicted molar refractivity (Wildman–Crippen MR) is 199 cm³/mol. The number of para-hydroxylation sites is 2. The van der Waals surface area contributed by atoms with Gasteiger partial charge in [-0.2, -0.15) is 0 Å². The highest BCUT2D eigenvalue weighted by Gasteiger charge is 2.40. The Kier molecular flexibility index (Phi) is 9.85. The molecule has 0 aliphatic carbocycles. The molecule has 4 aromatic rings. The number of nitrogens with zero attached hydrogens (tertiary/aromatic N) is 1. The van der Waals surface area contributed by atoms with Gasteiger partial charge in [0.2, 0.25) is 11.8 Å². The summed E-state index contributed by atoms with van der Waals surface area (Å²) < 4.78 is 0. The van der Waals surface area contributed by atoms with Crippen molar-refractivity contribution in [2.24, 2.45) is 11.5 Å². The van der Waals surface area contributed by atoms with Gasteiger partial charge in [-0.05, 0) is 96.6 Å². The lowest BCUT2D eigenvalue weighted by Gasteiger charge is -2.27. The maximum Gasteiger partial charge on any atom is 0.248 e. The van der Waals surface area contributed by atoms with Crippen LogP contribution in [0.4, 0.5) is 22.7 Å². The van der Waals surface area contributed by atoms with Gasteiger partial charge in [-0.15, -0.1) is 0 Å². The maximum absolute atomic E-state index is 11.7. The summed E-state index contributed by atoms with van der Waals surface area (Å²) in [6.45, 7) is 11.1. The minimum absolute atomic E-state index is 0.128. The van der Waals surface area contributed by atoms with E-state index in [2.05, 4.69) is 124 Å². The highest BCUT2D eigenvalue weighted by Crippen LogP contribution is 2.51. The predicted octanol–water partition coefficient (Wildman–Crippen LogP) is 9.37. The first kappa shape index (κ1) is 33.7. The van der Waals surface area contributed by atoms with Crippen LogP contribution in [-0.2, 0) is 10.8 Å². The third-order valence-electron chi connectivity index (χ3n) is 8.95. The highest BCUT2D eigenvalue weighted by molar-refractivity contribution is 5.94. The Morgan fingerprint density at radius 1 is 0.812 bits per heavy atom. The molecule has 0 saturated heterocycles. The number of hydrogen-bond acceptors (Lipinski definition) is 4. The van der Waals surface area contributed by atoms with Gasteiger partial charge in [0.25, 0.3) is 0 Å². The van der Waals surface area contributed by atoms with Crippen LogP contribution >= 0.6 is 0 Å². The first-order chi connectivity index (χ1) is 22.9. The lowest BCUT2D eigenvalue weighted by molar-refractivity contribution is 0.0992. The van der Waals surface area contributed by atoms with Gasteiger partial charge < -0.3 is 21.7 Å². The van der Waals surface area contributed by atoms with E-state index in [-0.39, 0.29) is 10.8 Å². The van der Waals surface area contributed by atoms with Gasteiger partial charge in [0.15, 0.2) is 0 Å². The van der Waals surface area contributed by atoms with Gasteiger partial charge in [-0.3, -0.25) is 9.59 Å². The van der Waals surface area contributed by atoms with Crippen LogP contribution in [0.2, 0.25) is 0 Å². The zero-order chi connectivity index (χ0) is 34.5. The van der Waals surface area contributed by atoms with Crippen LogP contribution in [0.1, 0.15) is 72.9 Å². The first-order valence-corrected chi connectivity index (χ1v) is 16.2. The summed E-state index contributed by atoms with van der Waals surface area (Å²) in [5.74, 6) is -0.873. The number of hydrogen-bond donors (Lipinski definition) is 3. The van der Waals surface area contributed by atoms with Crippen molar-refractivity contribution < 1.29 is 9.59 Å². The Bertz CT molecular complexity index is 1930. The number of primary amides is 2. The summed E-state index contributed by atoms with van der Waals surface area (Å²) in [5.41, 5.74) is 20.3. The zero-order valence-corrected chi connectivity index (χ0v) is 28.3. The number of allylic oxidation sites excluding steroid dienone is 8. The van der Waals surface area contributed by atoms with Crippen molar-refractivity contribution in [3.8, 4) is 0 Å². The number of rotatable bonds is 11. The van der Waals surface area contributed by atoms with Gasteiger partial charge in [0.1, 0.15) is 0 Å². The van der Waals surface area contributed by atoms with E-state index >= 15 is 0 Å². The van der Waals surface area contributed by atoms with E-state index in [1.165, 1.54) is 11.1 Å². The summed E-state index contributed by atoms with van der Waals surface area (Å²) in [5, 5.41) is 3.51. The Labute approximate surface area is 284 Å². The molecule has 5 rings (SSSR count). The fourth-order valence-corrected chi connectivity index (χ4v) is 6.17. The molecule has 6 nitrogen and oxygen atoms in total. The molecule has 244 valence electrons. The molecule has 0 saturated carbocycles. The number of nitrogens with one attached hydrogen (secondary N) is 1. The molecule has 4 aromatic carbocycles. The maximum atomic E-state index is 11.7. The van der Waals surface area contributed by atoms with E-state index < -0.39 is 11.8 Å². The van der Waals surface area contributed by atoms with Crippen LogP contribution in [0.15, 0.2) is 145 Å². The Morgan fingerprint density at radius 3 is 2.08 bits per heavy atom. The first-order valence-electron chi connectivity index (χ1n) is 16.2. The van der Waals surface area contributed by atoms with Gasteiger partial charge in [0.05, 0.1) is 0 Å². The smallest absolute Gasteiger partial charge is 0.248 e. The molecule has 1 aliphatic rings. The summed E-state index contributed by atoms with van der Waals surface area (Å²) in [6, 6.07) is 31.4. The number of carbonyl (C=O) groups excluding carboxylic acids is 2. The molecule has 48 heavy (non-hydrogen) atoms. The van der Waals surface area contributed by atoms with Gasteiger partial charge in [0, 0.05) is 45.0 Å². The standard InChI is InChI=1S/C42H44N4O2/c1-29(13-10-11-28-41(2,3)34-15-6-8-17-36(34)45-32-24-20-30(21-25-32)39(43)47)14-12-19-38-42(4,5)35-16-7-9-18-37(35)46(38)33-26-22-31(23-27-33)40(44)48/h6-27,45H,28H2,1-5H3,(H2,43,47)(H2,44,48)/b11-10+,14-12+,29-13+,38-19+. The molecular weight excluding hydrogens is 592 g/mol. The third-order valence-corrected chi connectivity index (χ3v) is 8.95. The SMILES string of the molecule is CC(/C=C/C=C1/N(c2ccc(C(N)=O)cc2)c2ccccc2C1(C)C)=C\C=C\CC(C)(C)c1ccccc1Nc1ccc(C(N)=O)cc1. The lowest BCUT2D eigenvalue weighted by Crippen LogP contribution is -2.22. The summed E-state index contributed by atoms with van der Waals surface area (Å²) in [4.78, 5) is 25.4. The Balaban J connectivity index is 1.30. The average Bonchev–Trinajstić information content (AvgIpc) is 3.29. The molecule has 0 fully saturated rings. The molecular formula is C42H44N4O2. The van der Waals surface area contributed by atoms with Crippen molar-refractivity contribution >= 4 is 34.6 Å². The fraction of sp³-hybridized carbons (Fsp3) is 0.190. The lowest BCUT2D eigenvalue weighted by atomic mass is 9.80. The Morgan fingerprint density at radius 2 is 1.42 bits per heavy atom. The topological polar surface area (TPSA) is 101 Å². The van der Waals surface area contributed by atoms with Crippen LogP contribution < -0.4 is 21.7 Å². The average molecular weight is 637 g/mol. The summed E-state index contributed by atoms with van der Waals surface area (Å²) in [6.07, 6.45) is 13.7. The normalized spacial score (nSPS) is 15.3. The fourth-order valence-electron chi connectivity index (χ4n) is 6.17. The van der Waals surface area contributed by atoms with Crippen molar-refractivity contribution in [2.45, 2.75) is 51.9 Å². The number of carbonyl (C=O) groups is 2. The van der Waals surface area contributed by atoms with E-state index in [4.69, 9.17) is 11.5 Å². The van der Waals surface area contributed by atoms with Gasteiger partial charge in [-0.25, -0.2) is 0 Å². The number of amides is 2. The largest absolute Gasteiger partial charge is 0.366 e.